The molecule has 4 heterocycles. The average molecular weight is 547 g/mol. The van der Waals surface area contributed by atoms with E-state index in [1.807, 2.05) is 45.2 Å². The maximum Gasteiger partial charge on any atom is 0.410 e. The normalized spacial score (nSPS) is 15.0. The second-order valence-corrected chi connectivity index (χ2v) is 10.7. The van der Waals surface area contributed by atoms with Crippen LogP contribution >= 0.6 is 0 Å². The van der Waals surface area contributed by atoms with Crippen molar-refractivity contribution in [2.45, 2.75) is 39.2 Å². The van der Waals surface area contributed by atoms with Crippen molar-refractivity contribution in [3.05, 3.63) is 77.8 Å². The number of carbonyl (C=O) groups excluding carboxylic acids is 1. The molecule has 2 aliphatic rings. The van der Waals surface area contributed by atoms with Gasteiger partial charge in [0.1, 0.15) is 29.2 Å². The molecule has 0 saturated heterocycles. The molecule has 0 N–H and O–H groups in total. The van der Waals surface area contributed by atoms with Gasteiger partial charge in [-0.05, 0) is 62.6 Å². The first-order chi connectivity index (χ1) is 19.2. The fourth-order valence-electron chi connectivity index (χ4n) is 4.87. The van der Waals surface area contributed by atoms with E-state index in [9.17, 15) is 13.6 Å². The minimum absolute atomic E-state index is 0.0651. The molecule has 0 fully saturated rings. The summed E-state index contributed by atoms with van der Waals surface area (Å²) < 4.78 is 42.4. The Balaban J connectivity index is 1.31. The van der Waals surface area contributed by atoms with E-state index in [0.29, 0.717) is 38.3 Å². The SMILES string of the molecule is CC(C)(C)OC(=O)N1CC=C(c2ccc3c(c2)-c2nn(-c4ncnn4-c4ccc(F)cc4F)cc2CCO3)CC1. The van der Waals surface area contributed by atoms with Gasteiger partial charge < -0.3 is 14.4 Å². The van der Waals surface area contributed by atoms with Gasteiger partial charge >= 0.3 is 6.09 Å². The molecule has 6 rings (SSSR count). The molecule has 2 aromatic heterocycles. The summed E-state index contributed by atoms with van der Waals surface area (Å²) in [5, 5.41) is 8.96. The third-order valence-corrected chi connectivity index (χ3v) is 6.76. The Morgan fingerprint density at radius 3 is 2.70 bits per heavy atom. The number of rotatable bonds is 3. The second kappa shape index (κ2) is 9.89. The van der Waals surface area contributed by atoms with Gasteiger partial charge in [-0.1, -0.05) is 12.1 Å². The molecule has 0 radical (unpaired) electrons. The zero-order chi connectivity index (χ0) is 28.0. The Labute approximate surface area is 229 Å². The van der Waals surface area contributed by atoms with E-state index < -0.39 is 17.2 Å². The minimum Gasteiger partial charge on any atom is -0.493 e. The topological polar surface area (TPSA) is 87.3 Å². The predicted molar refractivity (Wildman–Crippen MR) is 143 cm³/mol. The fraction of sp³-hybridized carbons (Fsp3) is 0.310. The average Bonchev–Trinajstić information content (AvgIpc) is 3.52. The maximum absolute atomic E-state index is 14.5. The first-order valence-corrected chi connectivity index (χ1v) is 13.1. The number of ether oxygens (including phenoxy) is 2. The van der Waals surface area contributed by atoms with Crippen molar-refractivity contribution in [3.8, 4) is 28.6 Å². The molecule has 0 bridgehead atoms. The fourth-order valence-corrected chi connectivity index (χ4v) is 4.87. The van der Waals surface area contributed by atoms with Crippen molar-refractivity contribution in [3.63, 3.8) is 0 Å². The monoisotopic (exact) mass is 546 g/mol. The third-order valence-electron chi connectivity index (χ3n) is 6.76. The van der Waals surface area contributed by atoms with Gasteiger partial charge in [-0.2, -0.15) is 19.9 Å². The van der Waals surface area contributed by atoms with Crippen molar-refractivity contribution < 1.29 is 23.0 Å². The number of halogens is 2. The quantitative estimate of drug-likeness (QED) is 0.344. The van der Waals surface area contributed by atoms with E-state index in [4.69, 9.17) is 14.6 Å². The number of nitrogens with zero attached hydrogens (tertiary/aromatic N) is 6. The molecular weight excluding hydrogens is 518 g/mol. The second-order valence-electron chi connectivity index (χ2n) is 10.7. The van der Waals surface area contributed by atoms with Gasteiger partial charge in [0.15, 0.2) is 5.82 Å². The lowest BCUT2D eigenvalue weighted by atomic mass is 9.96. The summed E-state index contributed by atoms with van der Waals surface area (Å²) in [6.07, 6.45) is 6.17. The van der Waals surface area contributed by atoms with Gasteiger partial charge in [0, 0.05) is 42.9 Å². The lowest BCUT2D eigenvalue weighted by molar-refractivity contribution is 0.0270. The summed E-state index contributed by atoms with van der Waals surface area (Å²) in [5.74, 6) is -0.443. The van der Waals surface area contributed by atoms with Gasteiger partial charge in [-0.3, -0.25) is 0 Å². The predicted octanol–water partition coefficient (Wildman–Crippen LogP) is 5.36. The zero-order valence-electron chi connectivity index (χ0n) is 22.4. The van der Waals surface area contributed by atoms with E-state index >= 15 is 0 Å². The molecule has 0 unspecified atom stereocenters. The minimum atomic E-state index is -0.755. The molecular formula is C29H28F2N6O3. The van der Waals surface area contributed by atoms with Crippen molar-refractivity contribution in [2.24, 2.45) is 0 Å². The largest absolute Gasteiger partial charge is 0.493 e. The molecule has 4 aromatic rings. The summed E-state index contributed by atoms with van der Waals surface area (Å²) in [4.78, 5) is 18.5. The highest BCUT2D eigenvalue weighted by Crippen LogP contribution is 2.38. The van der Waals surface area contributed by atoms with Crippen LogP contribution in [0.3, 0.4) is 0 Å². The van der Waals surface area contributed by atoms with Crippen LogP contribution in [0, 0.1) is 11.6 Å². The highest BCUT2D eigenvalue weighted by Gasteiger charge is 2.26. The first kappa shape index (κ1) is 25.7. The van der Waals surface area contributed by atoms with Crippen molar-refractivity contribution in [1.82, 2.24) is 29.4 Å². The van der Waals surface area contributed by atoms with E-state index in [1.165, 1.54) is 23.1 Å². The van der Waals surface area contributed by atoms with Crippen LogP contribution in [0.4, 0.5) is 13.6 Å². The number of amides is 1. The van der Waals surface area contributed by atoms with Crippen LogP contribution in [-0.2, 0) is 11.2 Å². The molecule has 206 valence electrons. The van der Waals surface area contributed by atoms with E-state index in [-0.39, 0.29) is 17.7 Å². The Bertz CT molecular complexity index is 1630. The summed E-state index contributed by atoms with van der Waals surface area (Å²) in [5.41, 5.74) is 4.17. The summed E-state index contributed by atoms with van der Waals surface area (Å²) >= 11 is 0. The smallest absolute Gasteiger partial charge is 0.410 e. The molecule has 40 heavy (non-hydrogen) atoms. The van der Waals surface area contributed by atoms with Crippen LogP contribution in [0.15, 0.2) is 55.0 Å². The number of fused-ring (bicyclic) bond motifs is 3. The standard InChI is InChI=1S/C29H28F2N6O3/c1-29(2,3)40-28(38)35-11-8-18(9-12-35)19-4-7-25-22(14-19)26-20(10-13-39-25)16-36(34-26)27-32-17-33-37(27)24-6-5-21(30)15-23(24)31/h4-8,14-17H,9-13H2,1-3H3. The summed E-state index contributed by atoms with van der Waals surface area (Å²) in [6, 6.07) is 9.30. The number of hydrogen-bond acceptors (Lipinski definition) is 6. The van der Waals surface area contributed by atoms with Crippen LogP contribution in [0.2, 0.25) is 0 Å². The maximum atomic E-state index is 14.5. The highest BCUT2D eigenvalue weighted by atomic mass is 19.1. The van der Waals surface area contributed by atoms with Crippen molar-refractivity contribution >= 4 is 11.7 Å². The molecule has 11 heteroatoms. The van der Waals surface area contributed by atoms with E-state index in [0.717, 1.165) is 34.0 Å². The van der Waals surface area contributed by atoms with Crippen molar-refractivity contribution in [1.29, 1.82) is 0 Å². The molecule has 2 aromatic carbocycles. The lowest BCUT2D eigenvalue weighted by Gasteiger charge is -2.29. The van der Waals surface area contributed by atoms with Crippen LogP contribution in [0.25, 0.3) is 28.5 Å². The Morgan fingerprint density at radius 1 is 1.10 bits per heavy atom. The van der Waals surface area contributed by atoms with Crippen LogP contribution < -0.4 is 4.74 Å². The number of hydrogen-bond donors (Lipinski definition) is 0. The number of benzene rings is 2. The molecule has 1 amide bonds. The van der Waals surface area contributed by atoms with Gasteiger partial charge in [0.2, 0.25) is 0 Å². The van der Waals surface area contributed by atoms with Gasteiger partial charge in [0.05, 0.1) is 12.3 Å². The molecule has 2 aliphatic heterocycles. The van der Waals surface area contributed by atoms with Crippen molar-refractivity contribution in [2.75, 3.05) is 19.7 Å². The first-order valence-electron chi connectivity index (χ1n) is 13.1. The molecule has 0 atom stereocenters. The van der Waals surface area contributed by atoms with E-state index in [2.05, 4.69) is 16.1 Å². The molecule has 9 nitrogen and oxygen atoms in total. The van der Waals surface area contributed by atoms with Gasteiger partial charge in [-0.25, -0.2) is 18.3 Å². The van der Waals surface area contributed by atoms with E-state index in [1.54, 1.807) is 9.58 Å². The molecule has 0 aliphatic carbocycles. The Hall–Kier alpha value is -4.54. The number of aromatic nitrogens is 5. The Morgan fingerprint density at radius 2 is 1.95 bits per heavy atom. The van der Waals surface area contributed by atoms with Crippen LogP contribution in [0.1, 0.15) is 38.3 Å². The third kappa shape index (κ3) is 4.94. The van der Waals surface area contributed by atoms with Gasteiger partial charge in [0.25, 0.3) is 5.95 Å². The lowest BCUT2D eigenvalue weighted by Crippen LogP contribution is -2.39. The van der Waals surface area contributed by atoms with Crippen LogP contribution in [0.5, 0.6) is 5.75 Å². The van der Waals surface area contributed by atoms with Crippen LogP contribution in [-0.4, -0.2) is 60.8 Å². The van der Waals surface area contributed by atoms with Gasteiger partial charge in [-0.15, -0.1) is 0 Å². The molecule has 0 saturated carbocycles. The number of carbonyl (C=O) groups is 1. The summed E-state index contributed by atoms with van der Waals surface area (Å²) in [7, 11) is 0. The summed E-state index contributed by atoms with van der Waals surface area (Å²) in [6.45, 7) is 7.06. The zero-order valence-corrected chi connectivity index (χ0v) is 22.4. The molecule has 0 spiro atoms. The Kier molecular flexibility index (Phi) is 6.36. The highest BCUT2D eigenvalue weighted by molar-refractivity contribution is 5.78.